The molecule has 1 aliphatic rings. The second-order valence-corrected chi connectivity index (χ2v) is 6.25. The van der Waals surface area contributed by atoms with Gasteiger partial charge >= 0.3 is 5.97 Å². The van der Waals surface area contributed by atoms with E-state index < -0.39 is 18.4 Å². The number of carbonyl (C=O) groups is 3. The van der Waals surface area contributed by atoms with Crippen molar-refractivity contribution in [1.82, 2.24) is 5.32 Å². The number of aliphatic carboxylic acids is 1. The Morgan fingerprint density at radius 2 is 1.46 bits per heavy atom. The number of hydrogen-bond acceptors (Lipinski definition) is 5. The predicted octanol–water partition coefficient (Wildman–Crippen LogP) is 1.59. The summed E-state index contributed by atoms with van der Waals surface area (Å²) in [5.41, 5.74) is 2.43. The summed E-state index contributed by atoms with van der Waals surface area (Å²) in [4.78, 5) is 36.9. The van der Waals surface area contributed by atoms with Gasteiger partial charge in [-0.15, -0.1) is 0 Å². The first-order valence-electron chi connectivity index (χ1n) is 8.87. The van der Waals surface area contributed by atoms with Gasteiger partial charge < -0.3 is 25.4 Å². The van der Waals surface area contributed by atoms with Gasteiger partial charge in [-0.2, -0.15) is 0 Å². The minimum absolute atomic E-state index is 0.253. The molecule has 2 amide bonds. The predicted molar refractivity (Wildman–Crippen MR) is 104 cm³/mol. The molecule has 2 aromatic carbocycles. The lowest BCUT2D eigenvalue weighted by molar-refractivity contribution is -0.135. The number of benzene rings is 2. The van der Waals surface area contributed by atoms with Gasteiger partial charge in [0.1, 0.15) is 6.54 Å². The maximum Gasteiger partial charge on any atom is 0.322 e. The number of anilines is 2. The third-order valence-corrected chi connectivity index (χ3v) is 4.31. The van der Waals surface area contributed by atoms with Crippen LogP contribution in [0.4, 0.5) is 11.4 Å². The molecule has 0 saturated carbocycles. The Morgan fingerprint density at radius 3 is 2.07 bits per heavy atom. The fourth-order valence-corrected chi connectivity index (χ4v) is 2.81. The number of carbonyl (C=O) groups excluding carboxylic acids is 2. The molecule has 1 aliphatic heterocycles. The Balaban J connectivity index is 1.58. The molecule has 1 saturated heterocycles. The van der Waals surface area contributed by atoms with E-state index in [1.807, 2.05) is 12.1 Å². The maximum absolute atomic E-state index is 12.4. The largest absolute Gasteiger partial charge is 0.480 e. The molecule has 1 heterocycles. The van der Waals surface area contributed by atoms with Gasteiger partial charge in [0.15, 0.2) is 0 Å². The standard InChI is InChI=1S/C20H21N3O5/c24-18(25)13-21-19(26)14-1-5-16(6-2-14)22-20(27)15-3-7-17(8-4-15)23-9-11-28-12-10-23/h1-8H,9-13H2,(H,21,26)(H,22,27)(H,24,25). The van der Waals surface area contributed by atoms with E-state index in [2.05, 4.69) is 15.5 Å². The third kappa shape index (κ3) is 5.08. The highest BCUT2D eigenvalue weighted by Crippen LogP contribution is 2.18. The van der Waals surface area contributed by atoms with Gasteiger partial charge in [-0.3, -0.25) is 14.4 Å². The van der Waals surface area contributed by atoms with E-state index in [4.69, 9.17) is 9.84 Å². The van der Waals surface area contributed by atoms with Crippen molar-refractivity contribution in [3.63, 3.8) is 0 Å². The van der Waals surface area contributed by atoms with E-state index in [1.54, 1.807) is 24.3 Å². The van der Waals surface area contributed by atoms with Gasteiger partial charge in [0, 0.05) is 35.6 Å². The summed E-state index contributed by atoms with van der Waals surface area (Å²) in [5.74, 6) is -1.85. The van der Waals surface area contributed by atoms with Crippen LogP contribution in [0, 0.1) is 0 Å². The lowest BCUT2D eigenvalue weighted by Crippen LogP contribution is -2.36. The smallest absolute Gasteiger partial charge is 0.322 e. The molecule has 0 aromatic heterocycles. The Morgan fingerprint density at radius 1 is 0.893 bits per heavy atom. The molecule has 0 bridgehead atoms. The van der Waals surface area contributed by atoms with Crippen LogP contribution in [-0.4, -0.2) is 55.7 Å². The summed E-state index contributed by atoms with van der Waals surface area (Å²) in [7, 11) is 0. The highest BCUT2D eigenvalue weighted by molar-refractivity contribution is 6.04. The molecule has 146 valence electrons. The number of hydrogen-bond donors (Lipinski definition) is 3. The molecule has 0 aliphatic carbocycles. The van der Waals surface area contributed by atoms with Crippen molar-refractivity contribution in [2.45, 2.75) is 0 Å². The monoisotopic (exact) mass is 383 g/mol. The van der Waals surface area contributed by atoms with Crippen LogP contribution in [0.5, 0.6) is 0 Å². The molecule has 28 heavy (non-hydrogen) atoms. The molecule has 2 aromatic rings. The average Bonchev–Trinajstić information content (AvgIpc) is 2.73. The lowest BCUT2D eigenvalue weighted by Gasteiger charge is -2.28. The maximum atomic E-state index is 12.4. The number of rotatable bonds is 6. The lowest BCUT2D eigenvalue weighted by atomic mass is 10.1. The molecular weight excluding hydrogens is 362 g/mol. The summed E-state index contributed by atoms with van der Waals surface area (Å²) in [6, 6.07) is 13.6. The van der Waals surface area contributed by atoms with Crippen LogP contribution in [0.1, 0.15) is 20.7 Å². The van der Waals surface area contributed by atoms with Crippen molar-refractivity contribution in [3.8, 4) is 0 Å². The van der Waals surface area contributed by atoms with Gasteiger partial charge in [0.25, 0.3) is 11.8 Å². The molecule has 3 rings (SSSR count). The van der Waals surface area contributed by atoms with Gasteiger partial charge in [-0.1, -0.05) is 0 Å². The highest BCUT2D eigenvalue weighted by Gasteiger charge is 2.13. The minimum Gasteiger partial charge on any atom is -0.480 e. The quantitative estimate of drug-likeness (QED) is 0.699. The van der Waals surface area contributed by atoms with Crippen molar-refractivity contribution >= 4 is 29.2 Å². The zero-order valence-corrected chi connectivity index (χ0v) is 15.2. The van der Waals surface area contributed by atoms with Crippen LogP contribution in [0.15, 0.2) is 48.5 Å². The van der Waals surface area contributed by atoms with Gasteiger partial charge in [-0.25, -0.2) is 0 Å². The van der Waals surface area contributed by atoms with Crippen molar-refractivity contribution in [3.05, 3.63) is 59.7 Å². The Hall–Kier alpha value is -3.39. The summed E-state index contributed by atoms with van der Waals surface area (Å²) in [6.45, 7) is 2.62. The fourth-order valence-electron chi connectivity index (χ4n) is 2.81. The first-order chi connectivity index (χ1) is 13.5. The van der Waals surface area contributed by atoms with Crippen LogP contribution >= 0.6 is 0 Å². The highest BCUT2D eigenvalue weighted by atomic mass is 16.5. The molecule has 0 radical (unpaired) electrons. The summed E-state index contributed by atoms with van der Waals surface area (Å²) in [5, 5.41) is 13.6. The van der Waals surface area contributed by atoms with Gasteiger partial charge in [0.05, 0.1) is 13.2 Å². The minimum atomic E-state index is -1.11. The zero-order chi connectivity index (χ0) is 19.9. The van der Waals surface area contributed by atoms with Crippen molar-refractivity contribution in [2.24, 2.45) is 0 Å². The topological polar surface area (TPSA) is 108 Å². The number of carboxylic acids is 1. The fraction of sp³-hybridized carbons (Fsp3) is 0.250. The first-order valence-corrected chi connectivity index (χ1v) is 8.87. The molecule has 0 atom stereocenters. The van der Waals surface area contributed by atoms with Crippen LogP contribution < -0.4 is 15.5 Å². The van der Waals surface area contributed by atoms with Gasteiger partial charge in [0.2, 0.25) is 0 Å². The van der Waals surface area contributed by atoms with Crippen LogP contribution in [-0.2, 0) is 9.53 Å². The van der Waals surface area contributed by atoms with E-state index in [1.165, 1.54) is 12.1 Å². The third-order valence-electron chi connectivity index (χ3n) is 4.31. The van der Waals surface area contributed by atoms with Crippen molar-refractivity contribution < 1.29 is 24.2 Å². The number of nitrogens with zero attached hydrogens (tertiary/aromatic N) is 1. The average molecular weight is 383 g/mol. The molecule has 1 fully saturated rings. The normalized spacial score (nSPS) is 13.6. The van der Waals surface area contributed by atoms with E-state index in [0.717, 1.165) is 18.8 Å². The number of amides is 2. The number of morpholine rings is 1. The van der Waals surface area contributed by atoms with E-state index in [9.17, 15) is 14.4 Å². The molecule has 0 unspecified atom stereocenters. The Kier molecular flexibility index (Phi) is 6.23. The summed E-state index contributed by atoms with van der Waals surface area (Å²) < 4.78 is 5.34. The molecular formula is C20H21N3O5. The zero-order valence-electron chi connectivity index (χ0n) is 15.2. The Bertz CT molecular complexity index is 843. The first kappa shape index (κ1) is 19.4. The number of carboxylic acid groups (broad SMARTS) is 1. The van der Waals surface area contributed by atoms with E-state index >= 15 is 0 Å². The summed E-state index contributed by atoms with van der Waals surface area (Å²) in [6.07, 6.45) is 0. The van der Waals surface area contributed by atoms with Crippen molar-refractivity contribution in [2.75, 3.05) is 43.1 Å². The number of nitrogens with one attached hydrogen (secondary N) is 2. The molecule has 3 N–H and O–H groups in total. The molecule has 8 nitrogen and oxygen atoms in total. The van der Waals surface area contributed by atoms with Crippen LogP contribution in [0.2, 0.25) is 0 Å². The van der Waals surface area contributed by atoms with Gasteiger partial charge in [-0.05, 0) is 48.5 Å². The van der Waals surface area contributed by atoms with E-state index in [-0.39, 0.29) is 5.91 Å². The molecule has 8 heteroatoms. The number of ether oxygens (including phenoxy) is 1. The second-order valence-electron chi connectivity index (χ2n) is 6.25. The molecule has 0 spiro atoms. The second kappa shape index (κ2) is 9.01. The van der Waals surface area contributed by atoms with Crippen LogP contribution in [0.3, 0.4) is 0 Å². The SMILES string of the molecule is O=C(O)CNC(=O)c1ccc(NC(=O)c2ccc(N3CCOCC3)cc2)cc1. The van der Waals surface area contributed by atoms with Crippen molar-refractivity contribution in [1.29, 1.82) is 0 Å². The Labute approximate surface area is 162 Å². The van der Waals surface area contributed by atoms with E-state index in [0.29, 0.717) is 30.0 Å². The summed E-state index contributed by atoms with van der Waals surface area (Å²) >= 11 is 0. The van der Waals surface area contributed by atoms with Crippen LogP contribution in [0.25, 0.3) is 0 Å².